The quantitative estimate of drug-likeness (QED) is 0.835. The van der Waals surface area contributed by atoms with Gasteiger partial charge in [-0.2, -0.15) is 0 Å². The third kappa shape index (κ3) is 3.23. The van der Waals surface area contributed by atoms with E-state index >= 15 is 0 Å². The molecule has 0 bridgehead atoms. The molecule has 21 heavy (non-hydrogen) atoms. The minimum Gasteiger partial charge on any atom is -0.492 e. The average Bonchev–Trinajstić information content (AvgIpc) is 3.34. The molecule has 0 spiro atoms. The van der Waals surface area contributed by atoms with Gasteiger partial charge in [0.2, 0.25) is 0 Å². The molecular weight excluding hydrogens is 264 g/mol. The summed E-state index contributed by atoms with van der Waals surface area (Å²) < 4.78 is 11.3. The maximum absolute atomic E-state index is 6.03. The molecular formula is C17H26N2O2. The molecule has 3 rings (SSSR count). The Labute approximate surface area is 127 Å². The van der Waals surface area contributed by atoms with Crippen LogP contribution in [0.4, 0.5) is 0 Å². The second kappa shape index (κ2) is 6.77. The van der Waals surface area contributed by atoms with Gasteiger partial charge in [-0.05, 0) is 25.5 Å². The molecule has 2 unspecified atom stereocenters. The summed E-state index contributed by atoms with van der Waals surface area (Å²) in [5.74, 6) is 1.03. The van der Waals surface area contributed by atoms with Crippen LogP contribution in [0.25, 0.3) is 0 Å². The molecule has 0 aromatic heterocycles. The first-order valence-electron chi connectivity index (χ1n) is 8.05. The van der Waals surface area contributed by atoms with E-state index in [9.17, 15) is 0 Å². The highest BCUT2D eigenvalue weighted by molar-refractivity contribution is 5.39. The second-order valence-corrected chi connectivity index (χ2v) is 5.91. The monoisotopic (exact) mass is 290 g/mol. The van der Waals surface area contributed by atoms with Gasteiger partial charge in [0.1, 0.15) is 12.4 Å². The van der Waals surface area contributed by atoms with Crippen molar-refractivity contribution in [2.45, 2.75) is 37.9 Å². The second-order valence-electron chi connectivity index (χ2n) is 5.91. The zero-order chi connectivity index (χ0) is 14.7. The number of fused-ring (bicyclic) bond motifs is 1. The van der Waals surface area contributed by atoms with Gasteiger partial charge in [0.15, 0.2) is 0 Å². The van der Waals surface area contributed by atoms with Crippen LogP contribution in [0.1, 0.15) is 31.4 Å². The minimum absolute atomic E-state index is 0.345. The van der Waals surface area contributed by atoms with E-state index in [1.165, 1.54) is 18.4 Å². The highest BCUT2D eigenvalue weighted by atomic mass is 16.5. The van der Waals surface area contributed by atoms with E-state index in [1.54, 1.807) is 7.11 Å². The molecule has 1 fully saturated rings. The highest BCUT2D eigenvalue weighted by Crippen LogP contribution is 2.38. The van der Waals surface area contributed by atoms with Gasteiger partial charge in [-0.1, -0.05) is 25.1 Å². The predicted molar refractivity (Wildman–Crippen MR) is 83.7 cm³/mol. The maximum Gasteiger partial charge on any atom is 0.124 e. The molecule has 1 aliphatic heterocycles. The first kappa shape index (κ1) is 14.8. The topological polar surface area (TPSA) is 33.7 Å². The summed E-state index contributed by atoms with van der Waals surface area (Å²) in [5, 5.41) is 3.67. The van der Waals surface area contributed by atoms with E-state index in [4.69, 9.17) is 9.47 Å². The van der Waals surface area contributed by atoms with Crippen molar-refractivity contribution in [3.05, 3.63) is 29.8 Å². The summed E-state index contributed by atoms with van der Waals surface area (Å²) in [6.07, 6.45) is 2.61. The Morgan fingerprint density at radius 3 is 2.86 bits per heavy atom. The molecule has 116 valence electrons. The SMILES string of the molecule is CCNC1c2ccccc2OCC1N(CCOC)C1CC1. The van der Waals surface area contributed by atoms with Crippen molar-refractivity contribution in [3.8, 4) is 5.75 Å². The van der Waals surface area contributed by atoms with Gasteiger partial charge >= 0.3 is 0 Å². The summed E-state index contributed by atoms with van der Waals surface area (Å²) in [4.78, 5) is 2.59. The number of para-hydroxylation sites is 1. The van der Waals surface area contributed by atoms with E-state index < -0.39 is 0 Å². The first-order valence-corrected chi connectivity index (χ1v) is 8.05. The third-order valence-corrected chi connectivity index (χ3v) is 4.47. The number of rotatable bonds is 7. The summed E-state index contributed by atoms with van der Waals surface area (Å²) in [6.45, 7) is 5.67. The van der Waals surface area contributed by atoms with Crippen LogP contribution < -0.4 is 10.1 Å². The van der Waals surface area contributed by atoms with Crippen molar-refractivity contribution >= 4 is 0 Å². The summed E-state index contributed by atoms with van der Waals surface area (Å²) in [5.41, 5.74) is 1.29. The van der Waals surface area contributed by atoms with Crippen molar-refractivity contribution < 1.29 is 9.47 Å². The summed E-state index contributed by atoms with van der Waals surface area (Å²) in [7, 11) is 1.78. The maximum atomic E-state index is 6.03. The lowest BCUT2D eigenvalue weighted by molar-refractivity contribution is 0.0556. The molecule has 2 atom stereocenters. The molecule has 0 radical (unpaired) electrons. The molecule has 0 amide bonds. The fourth-order valence-corrected chi connectivity index (χ4v) is 3.32. The van der Waals surface area contributed by atoms with Crippen LogP contribution in [0.3, 0.4) is 0 Å². The molecule has 1 saturated carbocycles. The van der Waals surface area contributed by atoms with Crippen LogP contribution in [0.15, 0.2) is 24.3 Å². The molecule has 1 aliphatic carbocycles. The highest BCUT2D eigenvalue weighted by Gasteiger charge is 2.40. The van der Waals surface area contributed by atoms with Crippen molar-refractivity contribution in [1.29, 1.82) is 0 Å². The summed E-state index contributed by atoms with van der Waals surface area (Å²) in [6, 6.07) is 9.86. The van der Waals surface area contributed by atoms with Crippen LogP contribution in [-0.4, -0.2) is 50.4 Å². The summed E-state index contributed by atoms with van der Waals surface area (Å²) >= 11 is 0. The van der Waals surface area contributed by atoms with Crippen LogP contribution in [0, 0.1) is 0 Å². The molecule has 1 aromatic rings. The molecule has 4 heteroatoms. The van der Waals surface area contributed by atoms with Crippen LogP contribution in [-0.2, 0) is 4.74 Å². The lowest BCUT2D eigenvalue weighted by atomic mass is 9.94. The number of likely N-dealkylation sites (N-methyl/N-ethyl adjacent to an activating group) is 1. The van der Waals surface area contributed by atoms with Crippen LogP contribution >= 0.6 is 0 Å². The molecule has 0 saturated heterocycles. The first-order chi connectivity index (χ1) is 10.3. The Kier molecular flexibility index (Phi) is 4.78. The number of nitrogens with one attached hydrogen (secondary N) is 1. The van der Waals surface area contributed by atoms with Crippen LogP contribution in [0.2, 0.25) is 0 Å². The number of hydrogen-bond acceptors (Lipinski definition) is 4. The molecule has 4 nitrogen and oxygen atoms in total. The Morgan fingerprint density at radius 2 is 2.14 bits per heavy atom. The lowest BCUT2D eigenvalue weighted by Gasteiger charge is -2.41. The van der Waals surface area contributed by atoms with Crippen molar-refractivity contribution in [3.63, 3.8) is 0 Å². The number of ether oxygens (including phenoxy) is 2. The zero-order valence-electron chi connectivity index (χ0n) is 13.0. The Balaban J connectivity index is 1.83. The van der Waals surface area contributed by atoms with E-state index in [2.05, 4.69) is 35.3 Å². The Hall–Kier alpha value is -1.10. The number of hydrogen-bond donors (Lipinski definition) is 1. The molecule has 1 N–H and O–H groups in total. The van der Waals surface area contributed by atoms with Gasteiger partial charge in [-0.25, -0.2) is 0 Å². The third-order valence-electron chi connectivity index (χ3n) is 4.47. The minimum atomic E-state index is 0.345. The van der Waals surface area contributed by atoms with Crippen molar-refractivity contribution in [2.24, 2.45) is 0 Å². The number of methoxy groups -OCH3 is 1. The van der Waals surface area contributed by atoms with E-state index in [-0.39, 0.29) is 0 Å². The van der Waals surface area contributed by atoms with Crippen molar-refractivity contribution in [2.75, 3.05) is 33.4 Å². The average molecular weight is 290 g/mol. The predicted octanol–water partition coefficient (Wildman–Crippen LogP) is 2.21. The smallest absolute Gasteiger partial charge is 0.124 e. The zero-order valence-corrected chi connectivity index (χ0v) is 13.0. The Bertz CT molecular complexity index is 462. The van der Waals surface area contributed by atoms with Gasteiger partial charge in [0.25, 0.3) is 0 Å². The van der Waals surface area contributed by atoms with Crippen molar-refractivity contribution in [1.82, 2.24) is 10.2 Å². The number of benzene rings is 1. The van der Waals surface area contributed by atoms with Gasteiger partial charge in [0.05, 0.1) is 18.7 Å². The largest absolute Gasteiger partial charge is 0.492 e. The van der Waals surface area contributed by atoms with Gasteiger partial charge < -0.3 is 14.8 Å². The Morgan fingerprint density at radius 1 is 1.33 bits per heavy atom. The lowest BCUT2D eigenvalue weighted by Crippen LogP contribution is -2.52. The van der Waals surface area contributed by atoms with E-state index in [0.717, 1.165) is 32.1 Å². The van der Waals surface area contributed by atoms with E-state index in [0.29, 0.717) is 18.1 Å². The van der Waals surface area contributed by atoms with Gasteiger partial charge in [-0.15, -0.1) is 0 Å². The fraction of sp³-hybridized carbons (Fsp3) is 0.647. The van der Waals surface area contributed by atoms with Gasteiger partial charge in [-0.3, -0.25) is 4.90 Å². The molecule has 1 heterocycles. The van der Waals surface area contributed by atoms with Gasteiger partial charge in [0, 0.05) is 25.3 Å². The normalized spacial score (nSPS) is 24.7. The molecule has 2 aliphatic rings. The van der Waals surface area contributed by atoms with E-state index in [1.807, 2.05) is 6.07 Å². The number of nitrogens with zero attached hydrogens (tertiary/aromatic N) is 1. The fourth-order valence-electron chi connectivity index (χ4n) is 3.32. The molecule has 1 aromatic carbocycles. The van der Waals surface area contributed by atoms with Crippen LogP contribution in [0.5, 0.6) is 5.75 Å². The standard InChI is InChI=1S/C17H26N2O2/c1-3-18-17-14-6-4-5-7-16(14)21-12-15(17)19(10-11-20-2)13-8-9-13/h4-7,13,15,17-18H,3,8-12H2,1-2H3.